The van der Waals surface area contributed by atoms with Crippen LogP contribution in [0.3, 0.4) is 0 Å². The molecule has 24 heavy (non-hydrogen) atoms. The Morgan fingerprint density at radius 2 is 2.12 bits per heavy atom. The number of esters is 1. The van der Waals surface area contributed by atoms with Crippen LogP contribution in [0.25, 0.3) is 10.2 Å². The summed E-state index contributed by atoms with van der Waals surface area (Å²) in [5, 5.41) is 4.36. The lowest BCUT2D eigenvalue weighted by Crippen LogP contribution is -2.27. The number of ether oxygens (including phenoxy) is 1. The van der Waals surface area contributed by atoms with Crippen molar-refractivity contribution in [2.24, 2.45) is 0 Å². The van der Waals surface area contributed by atoms with Gasteiger partial charge in [0.1, 0.15) is 21.3 Å². The second kappa shape index (κ2) is 7.03. The maximum absolute atomic E-state index is 12.1. The first-order valence-corrected chi connectivity index (χ1v) is 9.21. The molecule has 130 valence electrons. The second-order valence-corrected chi connectivity index (χ2v) is 7.21. The molecule has 1 N–H and O–H groups in total. The molecular formula is C17H24N4O2S. The van der Waals surface area contributed by atoms with Gasteiger partial charge < -0.3 is 15.0 Å². The third kappa shape index (κ3) is 3.52. The molecule has 0 spiro atoms. The van der Waals surface area contributed by atoms with Gasteiger partial charge in [0.15, 0.2) is 0 Å². The minimum absolute atomic E-state index is 0.282. The lowest BCUT2D eigenvalue weighted by atomic mass is 10.2. The van der Waals surface area contributed by atoms with E-state index in [2.05, 4.69) is 27.2 Å². The number of thiophene rings is 1. The van der Waals surface area contributed by atoms with Gasteiger partial charge in [-0.25, -0.2) is 14.8 Å². The zero-order valence-electron chi connectivity index (χ0n) is 14.7. The quantitative estimate of drug-likeness (QED) is 0.776. The Hall–Kier alpha value is -1.73. The molecule has 6 nitrogen and oxygen atoms in total. The Morgan fingerprint density at radius 1 is 1.38 bits per heavy atom. The molecule has 1 aliphatic rings. The normalized spacial score (nSPS) is 14.4. The Bertz CT molecular complexity index is 755. The van der Waals surface area contributed by atoms with Gasteiger partial charge in [-0.1, -0.05) is 0 Å². The molecule has 0 bridgehead atoms. The maximum Gasteiger partial charge on any atom is 0.348 e. The first kappa shape index (κ1) is 17.1. The Balaban J connectivity index is 1.84. The third-order valence-electron chi connectivity index (χ3n) is 4.29. The molecule has 1 saturated carbocycles. The van der Waals surface area contributed by atoms with Crippen molar-refractivity contribution in [3.63, 3.8) is 0 Å². The van der Waals surface area contributed by atoms with Gasteiger partial charge in [0.25, 0.3) is 0 Å². The second-order valence-electron chi connectivity index (χ2n) is 6.21. The highest BCUT2D eigenvalue weighted by Crippen LogP contribution is 2.34. The van der Waals surface area contributed by atoms with E-state index in [4.69, 9.17) is 4.74 Å². The summed E-state index contributed by atoms with van der Waals surface area (Å²) >= 11 is 1.38. The lowest BCUT2D eigenvalue weighted by Gasteiger charge is -2.16. The average Bonchev–Trinajstić information content (AvgIpc) is 3.32. The number of aryl methyl sites for hydroxylation is 2. The van der Waals surface area contributed by atoms with Crippen LogP contribution >= 0.6 is 11.3 Å². The smallest absolute Gasteiger partial charge is 0.348 e. The van der Waals surface area contributed by atoms with Gasteiger partial charge in [0.05, 0.1) is 12.0 Å². The standard InChI is InChI=1S/C17H24N4O2S/c1-5-23-17(22)14-10(2)13-15(19-11(3)20-16(13)24-14)18-8-9-21(4)12-6-7-12/h12H,5-9H2,1-4H3,(H,18,19,20). The zero-order chi connectivity index (χ0) is 17.3. The Kier molecular flexibility index (Phi) is 5.01. The predicted molar refractivity (Wildman–Crippen MR) is 97.0 cm³/mol. The molecule has 1 fully saturated rings. The highest BCUT2D eigenvalue weighted by atomic mass is 32.1. The van der Waals surface area contributed by atoms with Crippen molar-refractivity contribution < 1.29 is 9.53 Å². The van der Waals surface area contributed by atoms with Crippen molar-refractivity contribution in [1.82, 2.24) is 14.9 Å². The maximum atomic E-state index is 12.1. The van der Waals surface area contributed by atoms with E-state index in [-0.39, 0.29) is 5.97 Å². The number of nitrogens with zero attached hydrogens (tertiary/aromatic N) is 3. The molecular weight excluding hydrogens is 324 g/mol. The van der Waals surface area contributed by atoms with Crippen LogP contribution < -0.4 is 5.32 Å². The summed E-state index contributed by atoms with van der Waals surface area (Å²) in [6.45, 7) is 7.79. The summed E-state index contributed by atoms with van der Waals surface area (Å²) in [6.07, 6.45) is 2.61. The number of anilines is 1. The van der Waals surface area contributed by atoms with Gasteiger partial charge in [0, 0.05) is 19.1 Å². The van der Waals surface area contributed by atoms with Gasteiger partial charge in [-0.15, -0.1) is 11.3 Å². The summed E-state index contributed by atoms with van der Waals surface area (Å²) in [6, 6.07) is 0.747. The monoisotopic (exact) mass is 348 g/mol. The average molecular weight is 348 g/mol. The van der Waals surface area contributed by atoms with Crippen molar-refractivity contribution >= 4 is 33.3 Å². The molecule has 2 aromatic rings. The molecule has 3 rings (SSSR count). The van der Waals surface area contributed by atoms with Crippen molar-refractivity contribution in [2.75, 3.05) is 32.1 Å². The van der Waals surface area contributed by atoms with E-state index >= 15 is 0 Å². The van der Waals surface area contributed by atoms with Crippen LogP contribution in [0.4, 0.5) is 5.82 Å². The van der Waals surface area contributed by atoms with Crippen molar-refractivity contribution in [3.05, 3.63) is 16.3 Å². The van der Waals surface area contributed by atoms with Gasteiger partial charge in [-0.2, -0.15) is 0 Å². The fourth-order valence-electron chi connectivity index (χ4n) is 2.81. The topological polar surface area (TPSA) is 67.3 Å². The first-order chi connectivity index (χ1) is 11.5. The van der Waals surface area contributed by atoms with Crippen molar-refractivity contribution in [1.29, 1.82) is 0 Å². The molecule has 2 heterocycles. The Labute approximate surface area is 146 Å². The molecule has 0 saturated heterocycles. The predicted octanol–water partition coefficient (Wildman–Crippen LogP) is 2.99. The van der Waals surface area contributed by atoms with Gasteiger partial charge in [-0.3, -0.25) is 0 Å². The summed E-state index contributed by atoms with van der Waals surface area (Å²) in [7, 11) is 2.16. The van der Waals surface area contributed by atoms with E-state index in [1.54, 1.807) is 0 Å². The molecule has 0 aliphatic heterocycles. The zero-order valence-corrected chi connectivity index (χ0v) is 15.5. The number of likely N-dealkylation sites (N-methyl/N-ethyl adjacent to an activating group) is 1. The van der Waals surface area contributed by atoms with Gasteiger partial charge in [-0.05, 0) is 46.2 Å². The van der Waals surface area contributed by atoms with Crippen LogP contribution in [-0.2, 0) is 4.74 Å². The summed E-state index contributed by atoms with van der Waals surface area (Å²) < 4.78 is 5.15. The first-order valence-electron chi connectivity index (χ1n) is 8.40. The lowest BCUT2D eigenvalue weighted by molar-refractivity contribution is 0.0531. The number of hydrogen-bond acceptors (Lipinski definition) is 7. The molecule has 0 unspecified atom stereocenters. The number of nitrogens with one attached hydrogen (secondary N) is 1. The highest BCUT2D eigenvalue weighted by Gasteiger charge is 2.25. The number of carbonyl (C=O) groups excluding carboxylic acids is 1. The minimum Gasteiger partial charge on any atom is -0.462 e. The van der Waals surface area contributed by atoms with E-state index in [0.717, 1.165) is 40.7 Å². The van der Waals surface area contributed by atoms with E-state index < -0.39 is 0 Å². The van der Waals surface area contributed by atoms with Gasteiger partial charge >= 0.3 is 5.97 Å². The number of rotatable bonds is 7. The van der Waals surface area contributed by atoms with E-state index in [1.807, 2.05) is 20.8 Å². The molecule has 2 aromatic heterocycles. The van der Waals surface area contributed by atoms with E-state index in [1.165, 1.54) is 24.2 Å². The highest BCUT2D eigenvalue weighted by molar-refractivity contribution is 7.20. The SMILES string of the molecule is CCOC(=O)c1sc2nc(C)nc(NCCN(C)C3CC3)c2c1C. The molecule has 0 atom stereocenters. The van der Waals surface area contributed by atoms with Crippen molar-refractivity contribution in [2.45, 2.75) is 39.7 Å². The molecule has 1 aliphatic carbocycles. The minimum atomic E-state index is -0.282. The summed E-state index contributed by atoms with van der Waals surface area (Å²) in [5.74, 6) is 1.23. The number of aromatic nitrogens is 2. The molecule has 0 aromatic carbocycles. The molecule has 0 radical (unpaired) electrons. The van der Waals surface area contributed by atoms with Crippen LogP contribution in [0.5, 0.6) is 0 Å². The Morgan fingerprint density at radius 3 is 2.79 bits per heavy atom. The van der Waals surface area contributed by atoms with Crippen LogP contribution in [0.15, 0.2) is 0 Å². The van der Waals surface area contributed by atoms with Crippen LogP contribution in [0.1, 0.15) is 40.8 Å². The third-order valence-corrected chi connectivity index (χ3v) is 5.46. The van der Waals surface area contributed by atoms with Crippen molar-refractivity contribution in [3.8, 4) is 0 Å². The fraction of sp³-hybridized carbons (Fsp3) is 0.588. The summed E-state index contributed by atoms with van der Waals surface area (Å²) in [5.41, 5.74) is 0.895. The number of hydrogen-bond donors (Lipinski definition) is 1. The molecule has 0 amide bonds. The van der Waals surface area contributed by atoms with E-state index in [9.17, 15) is 4.79 Å². The van der Waals surface area contributed by atoms with E-state index in [0.29, 0.717) is 17.3 Å². The molecule has 7 heteroatoms. The summed E-state index contributed by atoms with van der Waals surface area (Å²) in [4.78, 5) is 25.0. The largest absolute Gasteiger partial charge is 0.462 e. The van der Waals surface area contributed by atoms with Crippen LogP contribution in [0.2, 0.25) is 0 Å². The van der Waals surface area contributed by atoms with Crippen LogP contribution in [0, 0.1) is 13.8 Å². The number of fused-ring (bicyclic) bond motifs is 1. The fourth-order valence-corrected chi connectivity index (χ4v) is 3.93. The number of carbonyl (C=O) groups is 1. The van der Waals surface area contributed by atoms with Crippen LogP contribution in [-0.4, -0.2) is 53.6 Å². The van der Waals surface area contributed by atoms with Gasteiger partial charge in [0.2, 0.25) is 0 Å².